The van der Waals surface area contributed by atoms with Crippen LogP contribution in [0.5, 0.6) is 11.5 Å². The molecular weight excluding hydrogens is 374 g/mol. The number of hydrogen-bond donors (Lipinski definition) is 0. The fraction of sp³-hybridized carbons (Fsp3) is 0.0476. The molecule has 0 aliphatic carbocycles. The number of hydrogen-bond acceptors (Lipinski definition) is 6. The molecule has 0 atom stereocenters. The number of nitrogens with zero attached hydrogens (tertiary/aromatic N) is 3. The Morgan fingerprint density at radius 2 is 1.83 bits per heavy atom. The highest BCUT2D eigenvalue weighted by atomic mass is 16.6. The van der Waals surface area contributed by atoms with E-state index in [1.807, 2.05) is 0 Å². The van der Waals surface area contributed by atoms with Gasteiger partial charge in [0.2, 0.25) is 0 Å². The zero-order valence-electron chi connectivity index (χ0n) is 15.3. The molecule has 4 rings (SSSR count). The summed E-state index contributed by atoms with van der Waals surface area (Å²) < 4.78 is 12.1. The molecule has 4 aromatic rings. The third kappa shape index (κ3) is 3.77. The Labute approximate surface area is 165 Å². The maximum atomic E-state index is 12.3. The lowest BCUT2D eigenvalue weighted by Crippen LogP contribution is -2.08. The maximum absolute atomic E-state index is 12.3. The molecule has 0 unspecified atom stereocenters. The molecule has 0 saturated carbocycles. The van der Waals surface area contributed by atoms with Crippen molar-refractivity contribution >= 4 is 17.3 Å². The highest BCUT2D eigenvalue weighted by Gasteiger charge is 2.12. The van der Waals surface area contributed by atoms with Crippen LogP contribution in [0.25, 0.3) is 16.9 Å². The van der Waals surface area contributed by atoms with Gasteiger partial charge in [0.1, 0.15) is 17.1 Å². The average Bonchev–Trinajstić information content (AvgIpc) is 3.17. The number of carbonyl (C=O) groups excluding carboxylic acids is 1. The normalized spacial score (nSPS) is 10.7. The average molecular weight is 389 g/mol. The largest absolute Gasteiger partial charge is 0.497 e. The molecule has 0 bridgehead atoms. The summed E-state index contributed by atoms with van der Waals surface area (Å²) in [5.74, 6) is 0.472. The molecule has 0 fully saturated rings. The number of ether oxygens (including phenoxy) is 2. The molecule has 29 heavy (non-hydrogen) atoms. The predicted octanol–water partition coefficient (Wildman–Crippen LogP) is 4.14. The van der Waals surface area contributed by atoms with Gasteiger partial charge in [-0.1, -0.05) is 6.07 Å². The first kappa shape index (κ1) is 18.2. The number of carbonyl (C=O) groups is 1. The van der Waals surface area contributed by atoms with E-state index in [2.05, 4.69) is 4.98 Å². The van der Waals surface area contributed by atoms with Gasteiger partial charge in [0.25, 0.3) is 5.69 Å². The van der Waals surface area contributed by atoms with Gasteiger partial charge in [0.05, 0.1) is 29.5 Å². The molecule has 2 aromatic heterocycles. The van der Waals surface area contributed by atoms with Crippen LogP contribution in [-0.4, -0.2) is 27.4 Å². The number of imidazole rings is 1. The number of methoxy groups -OCH3 is 1. The third-order valence-electron chi connectivity index (χ3n) is 4.31. The molecule has 0 amide bonds. The second-order valence-electron chi connectivity index (χ2n) is 6.18. The molecular formula is C21H15N3O5. The third-order valence-corrected chi connectivity index (χ3v) is 4.31. The molecule has 2 heterocycles. The summed E-state index contributed by atoms with van der Waals surface area (Å²) in [5, 5.41) is 10.9. The number of pyridine rings is 1. The Kier molecular flexibility index (Phi) is 4.66. The van der Waals surface area contributed by atoms with Crippen LogP contribution in [0.3, 0.4) is 0 Å². The molecule has 0 radical (unpaired) electrons. The van der Waals surface area contributed by atoms with Crippen LogP contribution in [-0.2, 0) is 0 Å². The molecule has 2 aromatic carbocycles. The number of benzene rings is 2. The van der Waals surface area contributed by atoms with E-state index in [1.165, 1.54) is 19.4 Å². The van der Waals surface area contributed by atoms with Gasteiger partial charge in [-0.3, -0.25) is 14.5 Å². The minimum absolute atomic E-state index is 0.0127. The van der Waals surface area contributed by atoms with Crippen molar-refractivity contribution in [2.75, 3.05) is 7.11 Å². The van der Waals surface area contributed by atoms with Gasteiger partial charge >= 0.3 is 5.97 Å². The van der Waals surface area contributed by atoms with Gasteiger partial charge < -0.3 is 9.47 Å². The van der Waals surface area contributed by atoms with Gasteiger partial charge in [0, 0.05) is 17.8 Å². The molecule has 0 saturated heterocycles. The fourth-order valence-corrected chi connectivity index (χ4v) is 2.84. The van der Waals surface area contributed by atoms with Crippen LogP contribution in [0.1, 0.15) is 10.4 Å². The summed E-state index contributed by atoms with van der Waals surface area (Å²) in [6.07, 6.45) is 3.12. The summed E-state index contributed by atoms with van der Waals surface area (Å²) in [6, 6.07) is 16.6. The van der Waals surface area contributed by atoms with E-state index >= 15 is 0 Å². The van der Waals surface area contributed by atoms with Crippen molar-refractivity contribution in [2.24, 2.45) is 0 Å². The Balaban J connectivity index is 1.53. The minimum Gasteiger partial charge on any atom is -0.497 e. The van der Waals surface area contributed by atoms with E-state index in [-0.39, 0.29) is 5.69 Å². The SMILES string of the molecule is COc1cccc(C(=O)Oc2ccc(-c3cn4cc([N+](=O)[O-])ccc4n3)cc2)c1. The van der Waals surface area contributed by atoms with E-state index in [4.69, 9.17) is 9.47 Å². The van der Waals surface area contributed by atoms with Crippen LogP contribution in [0.2, 0.25) is 0 Å². The summed E-state index contributed by atoms with van der Waals surface area (Å²) in [7, 11) is 1.53. The van der Waals surface area contributed by atoms with E-state index in [0.29, 0.717) is 28.4 Å². The predicted molar refractivity (Wildman–Crippen MR) is 105 cm³/mol. The molecule has 144 valence electrons. The number of aromatic nitrogens is 2. The van der Waals surface area contributed by atoms with E-state index < -0.39 is 10.9 Å². The second-order valence-corrected chi connectivity index (χ2v) is 6.18. The molecule has 0 spiro atoms. The monoisotopic (exact) mass is 389 g/mol. The summed E-state index contributed by atoms with van der Waals surface area (Å²) in [4.78, 5) is 27.2. The van der Waals surface area contributed by atoms with Crippen LogP contribution in [0.4, 0.5) is 5.69 Å². The minimum atomic E-state index is -0.489. The van der Waals surface area contributed by atoms with Gasteiger partial charge in [0.15, 0.2) is 0 Å². The first-order valence-corrected chi connectivity index (χ1v) is 8.63. The first-order valence-electron chi connectivity index (χ1n) is 8.63. The fourth-order valence-electron chi connectivity index (χ4n) is 2.84. The number of esters is 1. The Morgan fingerprint density at radius 1 is 1.03 bits per heavy atom. The van der Waals surface area contributed by atoms with Crippen LogP contribution in [0, 0.1) is 10.1 Å². The maximum Gasteiger partial charge on any atom is 0.343 e. The van der Waals surface area contributed by atoms with E-state index in [0.717, 1.165) is 5.56 Å². The number of rotatable bonds is 5. The Bertz CT molecular complexity index is 1210. The molecule has 0 aliphatic heterocycles. The van der Waals surface area contributed by atoms with Crippen molar-refractivity contribution in [2.45, 2.75) is 0 Å². The van der Waals surface area contributed by atoms with Crippen molar-refractivity contribution in [1.29, 1.82) is 0 Å². The van der Waals surface area contributed by atoms with Gasteiger partial charge in [-0.25, -0.2) is 9.78 Å². The van der Waals surface area contributed by atoms with Crippen molar-refractivity contribution in [3.8, 4) is 22.8 Å². The van der Waals surface area contributed by atoms with Crippen molar-refractivity contribution in [3.63, 3.8) is 0 Å². The zero-order valence-corrected chi connectivity index (χ0v) is 15.3. The van der Waals surface area contributed by atoms with Gasteiger partial charge in [-0.05, 0) is 48.5 Å². The quantitative estimate of drug-likeness (QED) is 0.220. The van der Waals surface area contributed by atoms with E-state index in [9.17, 15) is 14.9 Å². The molecule has 0 aliphatic rings. The van der Waals surface area contributed by atoms with Crippen LogP contribution >= 0.6 is 0 Å². The highest BCUT2D eigenvalue weighted by molar-refractivity contribution is 5.91. The lowest BCUT2D eigenvalue weighted by Gasteiger charge is -2.06. The summed E-state index contributed by atoms with van der Waals surface area (Å²) in [6.45, 7) is 0. The Hall–Kier alpha value is -4.20. The van der Waals surface area contributed by atoms with Crippen molar-refractivity contribution < 1.29 is 19.2 Å². The topological polar surface area (TPSA) is 96.0 Å². The van der Waals surface area contributed by atoms with Crippen LogP contribution < -0.4 is 9.47 Å². The van der Waals surface area contributed by atoms with Crippen molar-refractivity contribution in [3.05, 3.63) is 88.7 Å². The van der Waals surface area contributed by atoms with Crippen LogP contribution in [0.15, 0.2) is 73.1 Å². The number of nitro groups is 1. The lowest BCUT2D eigenvalue weighted by atomic mass is 10.1. The molecule has 8 heteroatoms. The Morgan fingerprint density at radius 3 is 2.55 bits per heavy atom. The summed E-state index contributed by atoms with van der Waals surface area (Å²) >= 11 is 0. The summed E-state index contributed by atoms with van der Waals surface area (Å²) in [5.41, 5.74) is 2.41. The highest BCUT2D eigenvalue weighted by Crippen LogP contribution is 2.24. The smallest absolute Gasteiger partial charge is 0.343 e. The standard InChI is InChI=1S/C21H15N3O5/c1-28-18-4-2-3-15(11-18)21(25)29-17-8-5-14(6-9-17)19-13-23-12-16(24(26)27)7-10-20(23)22-19/h2-13H,1H3. The first-order chi connectivity index (χ1) is 14.0. The zero-order chi connectivity index (χ0) is 20.4. The van der Waals surface area contributed by atoms with Gasteiger partial charge in [-0.2, -0.15) is 0 Å². The molecule has 8 nitrogen and oxygen atoms in total. The lowest BCUT2D eigenvalue weighted by molar-refractivity contribution is -0.385. The van der Waals surface area contributed by atoms with Crippen molar-refractivity contribution in [1.82, 2.24) is 9.38 Å². The second kappa shape index (κ2) is 7.43. The van der Waals surface area contributed by atoms with E-state index in [1.54, 1.807) is 65.2 Å². The van der Waals surface area contributed by atoms with Gasteiger partial charge in [-0.15, -0.1) is 0 Å². The molecule has 0 N–H and O–H groups in total. The number of fused-ring (bicyclic) bond motifs is 1.